The highest BCUT2D eigenvalue weighted by atomic mass is 16.6. The molecule has 0 aliphatic heterocycles. The maximum Gasteiger partial charge on any atom is 0.271 e. The third kappa shape index (κ3) is 4.61. The van der Waals surface area contributed by atoms with E-state index < -0.39 is 4.92 Å². The first-order valence-electron chi connectivity index (χ1n) is 6.53. The molecule has 0 amide bonds. The maximum absolute atomic E-state index is 10.3. The van der Waals surface area contributed by atoms with Crippen molar-refractivity contribution < 1.29 is 14.4 Å². The molecule has 0 fully saturated rings. The Hall–Kier alpha value is -3.78. The van der Waals surface area contributed by atoms with Crippen molar-refractivity contribution in [3.63, 3.8) is 0 Å². The van der Waals surface area contributed by atoms with Crippen LogP contribution in [0.15, 0.2) is 36.4 Å². The smallest absolute Gasteiger partial charge is 0.271 e. The molecule has 0 atom stereocenters. The zero-order chi connectivity index (χ0) is 18.1. The number of nitrogen functional groups attached to an aromatic ring is 1. The molecule has 8 heteroatoms. The van der Waals surface area contributed by atoms with Crippen molar-refractivity contribution in [3.05, 3.63) is 57.6 Å². The molecule has 0 bridgehead atoms. The minimum Gasteiger partial charge on any atom is -0.495 e. The average Bonchev–Trinajstić information content (AvgIpc) is 2.61. The lowest BCUT2D eigenvalue weighted by Gasteiger charge is -2.01. The number of ether oxygens (including phenoxy) is 2. The number of benzene rings is 2. The molecular formula is C16H14N4O4. The number of nitriles is 2. The van der Waals surface area contributed by atoms with E-state index in [1.165, 1.54) is 32.4 Å². The molecule has 0 saturated carbocycles. The molecule has 0 aliphatic carbocycles. The minimum absolute atomic E-state index is 0.114. The van der Waals surface area contributed by atoms with E-state index in [1.54, 1.807) is 18.2 Å². The SMILES string of the molecule is COc1ccc(N)cc1C#N.COc1ccc([N+](=O)[O-])cc1C#N. The fraction of sp³-hybridized carbons (Fsp3) is 0.125. The Morgan fingerprint density at radius 3 is 1.96 bits per heavy atom. The molecule has 2 aromatic rings. The summed E-state index contributed by atoms with van der Waals surface area (Å²) in [5.74, 6) is 0.898. The molecule has 0 radical (unpaired) electrons. The molecule has 2 rings (SSSR count). The maximum atomic E-state index is 10.3. The van der Waals surface area contributed by atoms with Crippen LogP contribution in [0.2, 0.25) is 0 Å². The summed E-state index contributed by atoms with van der Waals surface area (Å²) in [6.45, 7) is 0. The molecule has 24 heavy (non-hydrogen) atoms. The van der Waals surface area contributed by atoms with Crippen LogP contribution in [-0.4, -0.2) is 19.1 Å². The summed E-state index contributed by atoms with van der Waals surface area (Å²) in [4.78, 5) is 9.77. The van der Waals surface area contributed by atoms with Gasteiger partial charge < -0.3 is 15.2 Å². The van der Waals surface area contributed by atoms with Gasteiger partial charge in [0.25, 0.3) is 5.69 Å². The Bertz CT molecular complexity index is 822. The van der Waals surface area contributed by atoms with Crippen LogP contribution in [0.1, 0.15) is 11.1 Å². The van der Waals surface area contributed by atoms with Crippen molar-refractivity contribution >= 4 is 11.4 Å². The van der Waals surface area contributed by atoms with Crippen LogP contribution in [-0.2, 0) is 0 Å². The fourth-order valence-corrected chi connectivity index (χ4v) is 1.71. The summed E-state index contributed by atoms with van der Waals surface area (Å²) >= 11 is 0. The van der Waals surface area contributed by atoms with Gasteiger partial charge in [-0.05, 0) is 24.3 Å². The van der Waals surface area contributed by atoms with Gasteiger partial charge >= 0.3 is 0 Å². The number of nitro groups is 1. The van der Waals surface area contributed by atoms with Crippen molar-refractivity contribution in [2.75, 3.05) is 20.0 Å². The number of methoxy groups -OCH3 is 2. The lowest BCUT2D eigenvalue weighted by molar-refractivity contribution is -0.384. The first-order valence-corrected chi connectivity index (χ1v) is 6.53. The second-order valence-corrected chi connectivity index (χ2v) is 4.33. The monoisotopic (exact) mass is 326 g/mol. The van der Waals surface area contributed by atoms with Gasteiger partial charge in [-0.25, -0.2) is 0 Å². The van der Waals surface area contributed by atoms with Crippen LogP contribution in [0.25, 0.3) is 0 Å². The number of anilines is 1. The first kappa shape index (κ1) is 18.3. The Labute approximate surface area is 138 Å². The van der Waals surface area contributed by atoms with Crippen molar-refractivity contribution in [1.29, 1.82) is 10.5 Å². The highest BCUT2D eigenvalue weighted by molar-refractivity contribution is 5.53. The summed E-state index contributed by atoms with van der Waals surface area (Å²) in [6.07, 6.45) is 0. The Morgan fingerprint density at radius 2 is 1.50 bits per heavy atom. The summed E-state index contributed by atoms with van der Waals surface area (Å²) < 4.78 is 9.74. The van der Waals surface area contributed by atoms with Gasteiger partial charge in [-0.15, -0.1) is 0 Å². The molecule has 0 spiro atoms. The summed E-state index contributed by atoms with van der Waals surface area (Å²) in [5.41, 5.74) is 6.54. The second kappa shape index (κ2) is 8.61. The molecule has 122 valence electrons. The van der Waals surface area contributed by atoms with Gasteiger partial charge in [0.15, 0.2) is 0 Å². The largest absolute Gasteiger partial charge is 0.495 e. The zero-order valence-electron chi connectivity index (χ0n) is 13.0. The second-order valence-electron chi connectivity index (χ2n) is 4.33. The lowest BCUT2D eigenvalue weighted by Crippen LogP contribution is -1.91. The van der Waals surface area contributed by atoms with E-state index in [-0.39, 0.29) is 11.3 Å². The third-order valence-corrected chi connectivity index (χ3v) is 2.86. The minimum atomic E-state index is -0.555. The van der Waals surface area contributed by atoms with Gasteiger partial charge in [0, 0.05) is 17.8 Å². The van der Waals surface area contributed by atoms with Crippen LogP contribution >= 0.6 is 0 Å². The standard InChI is InChI=1S/C8H6N2O3.C8H8N2O/c1-13-8-3-2-7(10(11)12)4-6(8)5-9;1-11-8-3-2-7(10)4-6(8)5-9/h2-4H,1H3;2-4H,10H2,1H3. The Kier molecular flexibility index (Phi) is 6.56. The molecule has 0 aromatic heterocycles. The molecule has 8 nitrogen and oxygen atoms in total. The molecule has 0 saturated heterocycles. The molecule has 0 aliphatic rings. The molecule has 2 N–H and O–H groups in total. The molecule has 2 aromatic carbocycles. The fourth-order valence-electron chi connectivity index (χ4n) is 1.71. The number of nitrogens with zero attached hydrogens (tertiary/aromatic N) is 3. The van der Waals surface area contributed by atoms with Crippen molar-refractivity contribution in [2.24, 2.45) is 0 Å². The highest BCUT2D eigenvalue weighted by Crippen LogP contribution is 2.22. The topological polar surface area (TPSA) is 135 Å². The quantitative estimate of drug-likeness (QED) is 0.520. The van der Waals surface area contributed by atoms with Gasteiger partial charge in [-0.1, -0.05) is 0 Å². The number of nitrogens with two attached hydrogens (primary N) is 1. The summed E-state index contributed by atoms with van der Waals surface area (Å²) in [7, 11) is 2.92. The number of rotatable bonds is 3. The predicted octanol–water partition coefficient (Wildman–Crippen LogP) is 2.62. The number of nitro benzene ring substituents is 1. The van der Waals surface area contributed by atoms with Crippen molar-refractivity contribution in [3.8, 4) is 23.6 Å². The normalized spacial score (nSPS) is 8.83. The molecule has 0 unspecified atom stereocenters. The average molecular weight is 326 g/mol. The van der Waals surface area contributed by atoms with Crippen LogP contribution < -0.4 is 15.2 Å². The predicted molar refractivity (Wildman–Crippen MR) is 86.5 cm³/mol. The highest BCUT2D eigenvalue weighted by Gasteiger charge is 2.10. The van der Waals surface area contributed by atoms with E-state index in [9.17, 15) is 10.1 Å². The Morgan fingerprint density at radius 1 is 1.00 bits per heavy atom. The van der Waals surface area contributed by atoms with Crippen LogP contribution in [0.5, 0.6) is 11.5 Å². The summed E-state index contributed by atoms with van der Waals surface area (Å²) in [5, 5.41) is 27.5. The summed E-state index contributed by atoms with van der Waals surface area (Å²) in [6, 6.07) is 12.6. The first-order chi connectivity index (χ1) is 11.5. The molecular weight excluding hydrogens is 312 g/mol. The number of hydrogen-bond donors (Lipinski definition) is 1. The van der Waals surface area contributed by atoms with Gasteiger partial charge in [0.05, 0.1) is 24.7 Å². The van der Waals surface area contributed by atoms with Crippen LogP contribution in [0.3, 0.4) is 0 Å². The van der Waals surface area contributed by atoms with Gasteiger partial charge in [-0.2, -0.15) is 10.5 Å². The number of hydrogen-bond acceptors (Lipinski definition) is 7. The van der Waals surface area contributed by atoms with Crippen molar-refractivity contribution in [2.45, 2.75) is 0 Å². The van der Waals surface area contributed by atoms with Gasteiger partial charge in [0.1, 0.15) is 29.2 Å². The van der Waals surface area contributed by atoms with Crippen molar-refractivity contribution in [1.82, 2.24) is 0 Å². The number of non-ortho nitro benzene ring substituents is 1. The molecule has 0 heterocycles. The van der Waals surface area contributed by atoms with E-state index in [2.05, 4.69) is 0 Å². The van der Waals surface area contributed by atoms with Gasteiger partial charge in [-0.3, -0.25) is 10.1 Å². The third-order valence-electron chi connectivity index (χ3n) is 2.86. The zero-order valence-corrected chi connectivity index (χ0v) is 13.0. The van der Waals surface area contributed by atoms with E-state index in [1.807, 2.05) is 12.1 Å². The van der Waals surface area contributed by atoms with Crippen LogP contribution in [0.4, 0.5) is 11.4 Å². The van der Waals surface area contributed by atoms with Crippen LogP contribution in [0, 0.1) is 32.8 Å². The van der Waals surface area contributed by atoms with Gasteiger partial charge in [0.2, 0.25) is 0 Å². The van der Waals surface area contributed by atoms with E-state index in [4.69, 9.17) is 25.7 Å². The van der Waals surface area contributed by atoms with E-state index in [0.717, 1.165) is 0 Å². The van der Waals surface area contributed by atoms with E-state index >= 15 is 0 Å². The van der Waals surface area contributed by atoms with E-state index in [0.29, 0.717) is 22.7 Å². The lowest BCUT2D eigenvalue weighted by atomic mass is 10.2. The Balaban J connectivity index is 0.000000243.